The van der Waals surface area contributed by atoms with Crippen molar-refractivity contribution in [2.24, 2.45) is 5.73 Å². The molecule has 5 nitrogen and oxygen atoms in total. The molecule has 1 atom stereocenters. The van der Waals surface area contributed by atoms with Gasteiger partial charge < -0.3 is 16.2 Å². The van der Waals surface area contributed by atoms with Gasteiger partial charge in [0.1, 0.15) is 6.54 Å². The van der Waals surface area contributed by atoms with Crippen molar-refractivity contribution >= 4 is 23.6 Å². The standard InChI is InChI=1S/C13H18N2O3S/c14-11(13(18)15-8-12(16)17)6-7-19-9-10-4-2-1-3-5-10/h1-5,11H,6-9,14H2,(H,15,18)(H,16,17)/t11-/m1/s1. The van der Waals surface area contributed by atoms with E-state index in [1.807, 2.05) is 30.3 Å². The monoisotopic (exact) mass is 282 g/mol. The molecule has 0 aliphatic heterocycles. The third-order valence-electron chi connectivity index (χ3n) is 2.44. The van der Waals surface area contributed by atoms with E-state index < -0.39 is 17.9 Å². The number of carbonyl (C=O) groups is 2. The maximum absolute atomic E-state index is 11.4. The Morgan fingerprint density at radius 1 is 1.32 bits per heavy atom. The first-order valence-electron chi connectivity index (χ1n) is 5.96. The van der Waals surface area contributed by atoms with Gasteiger partial charge in [0.15, 0.2) is 0 Å². The van der Waals surface area contributed by atoms with Gasteiger partial charge in [-0.15, -0.1) is 0 Å². The first-order chi connectivity index (χ1) is 9.09. The van der Waals surface area contributed by atoms with E-state index in [1.165, 1.54) is 5.56 Å². The molecule has 0 bridgehead atoms. The van der Waals surface area contributed by atoms with Gasteiger partial charge in [0, 0.05) is 5.75 Å². The first-order valence-corrected chi connectivity index (χ1v) is 7.12. The van der Waals surface area contributed by atoms with Gasteiger partial charge >= 0.3 is 5.97 Å². The Labute approximate surface area is 116 Å². The summed E-state index contributed by atoms with van der Waals surface area (Å²) in [6.45, 7) is -0.385. The second-order valence-corrected chi connectivity index (χ2v) is 5.15. The minimum absolute atomic E-state index is 0.385. The smallest absolute Gasteiger partial charge is 0.322 e. The van der Waals surface area contributed by atoms with E-state index in [9.17, 15) is 9.59 Å². The summed E-state index contributed by atoms with van der Waals surface area (Å²) in [6, 6.07) is 9.39. The highest BCUT2D eigenvalue weighted by atomic mass is 32.2. The number of hydrogen-bond donors (Lipinski definition) is 3. The van der Waals surface area contributed by atoms with Gasteiger partial charge in [-0.25, -0.2) is 0 Å². The summed E-state index contributed by atoms with van der Waals surface area (Å²) in [4.78, 5) is 21.7. The molecule has 1 aromatic carbocycles. The van der Waals surface area contributed by atoms with Crippen molar-refractivity contribution in [1.29, 1.82) is 0 Å². The molecule has 19 heavy (non-hydrogen) atoms. The third-order valence-corrected chi connectivity index (χ3v) is 3.50. The van der Waals surface area contributed by atoms with E-state index in [0.717, 1.165) is 11.5 Å². The van der Waals surface area contributed by atoms with Crippen LogP contribution in [0.2, 0.25) is 0 Å². The van der Waals surface area contributed by atoms with E-state index in [2.05, 4.69) is 5.32 Å². The zero-order valence-electron chi connectivity index (χ0n) is 10.5. The fourth-order valence-corrected chi connectivity index (χ4v) is 2.39. The van der Waals surface area contributed by atoms with Gasteiger partial charge in [-0.1, -0.05) is 30.3 Å². The molecule has 0 aromatic heterocycles. The number of nitrogens with one attached hydrogen (secondary N) is 1. The van der Waals surface area contributed by atoms with Crippen LogP contribution in [0.5, 0.6) is 0 Å². The highest BCUT2D eigenvalue weighted by Crippen LogP contribution is 2.13. The van der Waals surface area contributed by atoms with Crippen LogP contribution in [0.4, 0.5) is 0 Å². The Kier molecular flexibility index (Phi) is 6.99. The van der Waals surface area contributed by atoms with Gasteiger partial charge in [0.2, 0.25) is 5.91 Å². The van der Waals surface area contributed by atoms with Crippen molar-refractivity contribution < 1.29 is 14.7 Å². The molecule has 0 saturated heterocycles. The van der Waals surface area contributed by atoms with Crippen molar-refractivity contribution in [2.45, 2.75) is 18.2 Å². The Morgan fingerprint density at radius 3 is 2.63 bits per heavy atom. The second kappa shape index (κ2) is 8.55. The summed E-state index contributed by atoms with van der Waals surface area (Å²) in [5, 5.41) is 10.7. The molecule has 104 valence electrons. The molecule has 0 aliphatic carbocycles. The van der Waals surface area contributed by atoms with Crippen LogP contribution in [0, 0.1) is 0 Å². The largest absolute Gasteiger partial charge is 0.480 e. The lowest BCUT2D eigenvalue weighted by atomic mass is 10.2. The van der Waals surface area contributed by atoms with Crippen molar-refractivity contribution in [3.05, 3.63) is 35.9 Å². The topological polar surface area (TPSA) is 92.4 Å². The number of carboxylic acids is 1. The number of nitrogens with two attached hydrogens (primary N) is 1. The number of amides is 1. The summed E-state index contributed by atoms with van der Waals surface area (Å²) in [5.41, 5.74) is 6.90. The molecule has 0 aliphatic rings. The van der Waals surface area contributed by atoms with Gasteiger partial charge in [-0.2, -0.15) is 11.8 Å². The van der Waals surface area contributed by atoms with Crippen LogP contribution >= 0.6 is 11.8 Å². The molecule has 0 saturated carbocycles. The number of rotatable bonds is 8. The zero-order valence-corrected chi connectivity index (χ0v) is 11.4. The summed E-state index contributed by atoms with van der Waals surface area (Å²) >= 11 is 1.70. The van der Waals surface area contributed by atoms with E-state index in [4.69, 9.17) is 10.8 Å². The molecule has 1 amide bonds. The quantitative estimate of drug-likeness (QED) is 0.614. The summed E-state index contributed by atoms with van der Waals surface area (Å²) < 4.78 is 0. The van der Waals surface area contributed by atoms with Crippen molar-refractivity contribution in [3.8, 4) is 0 Å². The first kappa shape index (κ1) is 15.5. The molecule has 0 spiro atoms. The molecule has 0 unspecified atom stereocenters. The molecule has 0 heterocycles. The van der Waals surface area contributed by atoms with Crippen molar-refractivity contribution in [1.82, 2.24) is 5.32 Å². The minimum Gasteiger partial charge on any atom is -0.480 e. The van der Waals surface area contributed by atoms with Gasteiger partial charge in [0.05, 0.1) is 6.04 Å². The van der Waals surface area contributed by atoms with E-state index in [1.54, 1.807) is 11.8 Å². The average Bonchev–Trinajstić information content (AvgIpc) is 2.41. The Morgan fingerprint density at radius 2 is 2.00 bits per heavy atom. The van der Waals surface area contributed by atoms with Crippen molar-refractivity contribution in [3.63, 3.8) is 0 Å². The number of thioether (sulfide) groups is 1. The van der Waals surface area contributed by atoms with Gasteiger partial charge in [0.25, 0.3) is 0 Å². The summed E-state index contributed by atoms with van der Waals surface area (Å²) in [6.07, 6.45) is 0.531. The molecule has 6 heteroatoms. The number of carbonyl (C=O) groups excluding carboxylic acids is 1. The SMILES string of the molecule is N[C@H](CCSCc1ccccc1)C(=O)NCC(=O)O. The molecular weight excluding hydrogens is 264 g/mol. The van der Waals surface area contributed by atoms with Crippen molar-refractivity contribution in [2.75, 3.05) is 12.3 Å². The van der Waals surface area contributed by atoms with Crippen LogP contribution in [0.1, 0.15) is 12.0 Å². The fourth-order valence-electron chi connectivity index (χ4n) is 1.40. The van der Waals surface area contributed by atoms with E-state index in [-0.39, 0.29) is 6.54 Å². The number of hydrogen-bond acceptors (Lipinski definition) is 4. The third kappa shape index (κ3) is 6.83. The molecule has 0 fully saturated rings. The van der Waals surface area contributed by atoms with Gasteiger partial charge in [-0.3, -0.25) is 9.59 Å². The summed E-state index contributed by atoms with van der Waals surface area (Å²) in [5.74, 6) is 0.155. The van der Waals surface area contributed by atoms with Gasteiger partial charge in [-0.05, 0) is 17.7 Å². The second-order valence-electron chi connectivity index (χ2n) is 4.04. The summed E-state index contributed by atoms with van der Waals surface area (Å²) in [7, 11) is 0. The molecule has 1 aromatic rings. The Balaban J connectivity index is 2.14. The van der Waals surface area contributed by atoms with Crippen LogP contribution in [0.15, 0.2) is 30.3 Å². The van der Waals surface area contributed by atoms with Crippen LogP contribution in [0.3, 0.4) is 0 Å². The zero-order chi connectivity index (χ0) is 14.1. The fraction of sp³-hybridized carbons (Fsp3) is 0.385. The van der Waals surface area contributed by atoms with Crippen LogP contribution in [0.25, 0.3) is 0 Å². The highest BCUT2D eigenvalue weighted by Gasteiger charge is 2.13. The maximum atomic E-state index is 11.4. The van der Waals surface area contributed by atoms with E-state index >= 15 is 0 Å². The van der Waals surface area contributed by atoms with Crippen LogP contribution in [-0.2, 0) is 15.3 Å². The average molecular weight is 282 g/mol. The molecular formula is C13H18N2O3S. The van der Waals surface area contributed by atoms with Crippen LogP contribution in [-0.4, -0.2) is 35.3 Å². The predicted octanol–water partition coefficient (Wildman–Crippen LogP) is 0.838. The highest BCUT2D eigenvalue weighted by molar-refractivity contribution is 7.98. The Bertz CT molecular complexity index is 412. The molecule has 4 N–H and O–H groups in total. The number of aliphatic carboxylic acids is 1. The lowest BCUT2D eigenvalue weighted by molar-refractivity contribution is -0.138. The molecule has 1 rings (SSSR count). The normalized spacial score (nSPS) is 11.8. The maximum Gasteiger partial charge on any atom is 0.322 e. The number of benzene rings is 1. The minimum atomic E-state index is -1.07. The van der Waals surface area contributed by atoms with E-state index in [0.29, 0.717) is 6.42 Å². The van der Waals surface area contributed by atoms with Crippen LogP contribution < -0.4 is 11.1 Å². The number of carboxylic acid groups (broad SMARTS) is 1. The lowest BCUT2D eigenvalue weighted by Crippen LogP contribution is -2.42. The Hall–Kier alpha value is -1.53. The lowest BCUT2D eigenvalue weighted by Gasteiger charge is -2.10. The predicted molar refractivity (Wildman–Crippen MR) is 75.8 cm³/mol. The molecule has 0 radical (unpaired) electrons.